The van der Waals surface area contributed by atoms with Crippen molar-refractivity contribution in [3.8, 4) is 0 Å². The average molecular weight is 556 g/mol. The van der Waals surface area contributed by atoms with Crippen molar-refractivity contribution in [3.05, 3.63) is 22.0 Å². The van der Waals surface area contributed by atoms with Gasteiger partial charge in [0.2, 0.25) is 0 Å². The molecule has 4 atom stereocenters. The number of H-pyrrole nitrogens is 1. The van der Waals surface area contributed by atoms with Crippen molar-refractivity contribution in [1.82, 2.24) is 14.5 Å². The minimum Gasteiger partial charge on any atom is -0.462 e. The van der Waals surface area contributed by atoms with E-state index in [1.54, 1.807) is 41.5 Å². The molecule has 0 aromatic carbocycles. The fraction of sp³-hybridized carbons (Fsp3) is 0.591. The Labute approximate surface area is 209 Å². The van der Waals surface area contributed by atoms with Crippen molar-refractivity contribution < 1.29 is 33.7 Å². The number of nitrogens with zero attached hydrogens (tertiary/aromatic N) is 2. The predicted octanol–water partition coefficient (Wildman–Crippen LogP) is 1.51. The molecule has 3 rings (SSSR count). The number of aliphatic hydroxyl groups excluding tert-OH is 1. The van der Waals surface area contributed by atoms with Crippen LogP contribution in [0.15, 0.2) is 10.9 Å². The Hall–Kier alpha value is -2.77. The zero-order valence-corrected chi connectivity index (χ0v) is 21.9. The molecule has 13 heteroatoms. The van der Waals surface area contributed by atoms with Gasteiger partial charge in [-0.2, -0.15) is 0 Å². The van der Waals surface area contributed by atoms with Crippen molar-refractivity contribution >= 4 is 44.8 Å². The van der Waals surface area contributed by atoms with Gasteiger partial charge in [-0.25, -0.2) is 4.98 Å². The van der Waals surface area contributed by atoms with Gasteiger partial charge >= 0.3 is 11.9 Å². The van der Waals surface area contributed by atoms with Gasteiger partial charge in [0.05, 0.1) is 26.4 Å². The number of carbonyl (C=O) groups is 3. The highest BCUT2D eigenvalue weighted by molar-refractivity contribution is 9.10. The summed E-state index contributed by atoms with van der Waals surface area (Å²) in [7, 11) is 0. The molecule has 0 bridgehead atoms. The van der Waals surface area contributed by atoms with E-state index in [-0.39, 0.29) is 33.3 Å². The summed E-state index contributed by atoms with van der Waals surface area (Å²) in [5, 5.41) is 19.4. The second-order valence-corrected chi connectivity index (χ2v) is 11.2. The van der Waals surface area contributed by atoms with Crippen LogP contribution in [-0.2, 0) is 23.8 Å². The molecule has 1 aliphatic heterocycles. The number of esters is 2. The Morgan fingerprint density at radius 1 is 1.23 bits per heavy atom. The van der Waals surface area contributed by atoms with Crippen LogP contribution in [-0.4, -0.2) is 62.4 Å². The van der Waals surface area contributed by atoms with Crippen LogP contribution < -0.4 is 11.2 Å². The molecule has 2 aromatic rings. The van der Waals surface area contributed by atoms with E-state index in [2.05, 4.69) is 25.9 Å². The summed E-state index contributed by atoms with van der Waals surface area (Å²) in [6.07, 6.45) is -3.48. The number of rotatable bonds is 5. The summed E-state index contributed by atoms with van der Waals surface area (Å²) < 4.78 is 18.6. The number of carbonyl (C=O) groups excluding carboxylic acids is 3. The fourth-order valence-electron chi connectivity index (χ4n) is 3.45. The second kappa shape index (κ2) is 9.36. The van der Waals surface area contributed by atoms with E-state index in [1.807, 2.05) is 0 Å². The van der Waals surface area contributed by atoms with Crippen LogP contribution in [0.2, 0.25) is 0 Å². The lowest BCUT2D eigenvalue weighted by molar-refractivity contribution is -0.169. The van der Waals surface area contributed by atoms with Crippen LogP contribution in [0.5, 0.6) is 0 Å². The number of aromatic nitrogens is 3. The first-order valence-electron chi connectivity index (χ1n) is 10.9. The molecule has 1 aliphatic rings. The molecule has 35 heavy (non-hydrogen) atoms. The molecule has 3 heterocycles. The highest BCUT2D eigenvalue weighted by Crippen LogP contribution is 2.35. The lowest BCUT2D eigenvalue weighted by Crippen LogP contribution is -2.41. The number of aromatic amines is 1. The zero-order chi connectivity index (χ0) is 26.5. The van der Waals surface area contributed by atoms with E-state index < -0.39 is 53.2 Å². The molecule has 5 N–H and O–H groups in total. The molecule has 0 saturated carbocycles. The number of primary amides is 1. The Morgan fingerprint density at radius 2 is 1.83 bits per heavy atom. The standard InChI is InChI=1S/C22H30BrN5O7/c1-21(2,3)19(31)33-7-9-13(35-20(32)22(4,5)6)12(29)18(34-9)28-8-26-15(24)11-10(16(25)30)14(23)27-17(11)28/h8-9,12-13,18,24,27,29H,7H2,1-6H3,(H2,25,30)/t9-,12-,13+,18-/m0/s1. The number of nitrogens with two attached hydrogens (primary N) is 1. The van der Waals surface area contributed by atoms with E-state index in [4.69, 9.17) is 25.4 Å². The molecule has 0 aliphatic carbocycles. The maximum atomic E-state index is 12.6. The zero-order valence-electron chi connectivity index (χ0n) is 20.3. The first-order chi connectivity index (χ1) is 16.0. The maximum Gasteiger partial charge on any atom is 0.311 e. The van der Waals surface area contributed by atoms with Gasteiger partial charge in [0.15, 0.2) is 17.8 Å². The first-order valence-corrected chi connectivity index (χ1v) is 11.7. The minimum atomic E-state index is -1.40. The third-order valence-electron chi connectivity index (χ3n) is 5.42. The number of hydrogen-bond acceptors (Lipinski definition) is 9. The predicted molar refractivity (Wildman–Crippen MR) is 126 cm³/mol. The van der Waals surface area contributed by atoms with Gasteiger partial charge in [0.1, 0.15) is 30.8 Å². The van der Waals surface area contributed by atoms with E-state index in [0.29, 0.717) is 0 Å². The van der Waals surface area contributed by atoms with Gasteiger partial charge in [-0.15, -0.1) is 0 Å². The van der Waals surface area contributed by atoms with Crippen molar-refractivity contribution in [2.45, 2.75) is 66.1 Å². The largest absolute Gasteiger partial charge is 0.462 e. The average Bonchev–Trinajstić information content (AvgIpc) is 3.23. The van der Waals surface area contributed by atoms with Crippen LogP contribution in [0.1, 0.15) is 58.1 Å². The number of amides is 1. The Kier molecular flexibility index (Phi) is 7.17. The van der Waals surface area contributed by atoms with Crippen molar-refractivity contribution in [2.24, 2.45) is 16.6 Å². The number of fused-ring (bicyclic) bond motifs is 1. The Morgan fingerprint density at radius 3 is 2.37 bits per heavy atom. The van der Waals surface area contributed by atoms with Crippen LogP contribution in [0.3, 0.4) is 0 Å². The molecular weight excluding hydrogens is 526 g/mol. The van der Waals surface area contributed by atoms with Crippen LogP contribution >= 0.6 is 15.9 Å². The van der Waals surface area contributed by atoms with Crippen LogP contribution in [0.4, 0.5) is 0 Å². The monoisotopic (exact) mass is 555 g/mol. The molecule has 0 unspecified atom stereocenters. The van der Waals surface area contributed by atoms with Crippen LogP contribution in [0, 0.1) is 16.2 Å². The van der Waals surface area contributed by atoms with Crippen molar-refractivity contribution in [3.63, 3.8) is 0 Å². The molecule has 2 aromatic heterocycles. The highest BCUT2D eigenvalue weighted by Gasteiger charge is 2.49. The smallest absolute Gasteiger partial charge is 0.311 e. The molecule has 12 nitrogen and oxygen atoms in total. The molecule has 192 valence electrons. The summed E-state index contributed by atoms with van der Waals surface area (Å²) in [6, 6.07) is 0. The fourth-order valence-corrected chi connectivity index (χ4v) is 4.03. The van der Waals surface area contributed by atoms with Gasteiger partial charge in [-0.05, 0) is 57.5 Å². The van der Waals surface area contributed by atoms with E-state index in [1.165, 1.54) is 10.9 Å². The quantitative estimate of drug-likeness (QED) is 0.400. The summed E-state index contributed by atoms with van der Waals surface area (Å²) in [5.41, 5.74) is 3.86. The summed E-state index contributed by atoms with van der Waals surface area (Å²) in [5.74, 6) is -1.85. The number of ether oxygens (including phenoxy) is 3. The molecule has 0 radical (unpaired) electrons. The Bertz CT molecular complexity index is 1220. The lowest BCUT2D eigenvalue weighted by atomic mass is 9.97. The van der Waals surface area contributed by atoms with Gasteiger partial charge in [0.25, 0.3) is 5.91 Å². The summed E-state index contributed by atoms with van der Waals surface area (Å²) in [6.45, 7) is 9.81. The van der Waals surface area contributed by atoms with E-state index >= 15 is 0 Å². The summed E-state index contributed by atoms with van der Waals surface area (Å²) >= 11 is 3.23. The normalized spacial score (nSPS) is 22.9. The Balaban J connectivity index is 2.02. The van der Waals surface area contributed by atoms with Crippen molar-refractivity contribution in [1.29, 1.82) is 5.41 Å². The first kappa shape index (κ1) is 26.8. The molecule has 1 amide bonds. The molecule has 1 saturated heterocycles. The topological polar surface area (TPSA) is 183 Å². The third-order valence-corrected chi connectivity index (χ3v) is 6.01. The molecular formula is C22H30BrN5O7. The number of nitrogens with one attached hydrogen (secondary N) is 2. The minimum absolute atomic E-state index is 0.0192. The number of halogens is 1. The van der Waals surface area contributed by atoms with Gasteiger partial charge < -0.3 is 30.0 Å². The van der Waals surface area contributed by atoms with Gasteiger partial charge in [-0.1, -0.05) is 0 Å². The molecule has 0 spiro atoms. The SMILES string of the molecule is CC(C)(C)C(=O)OC[C@@H]1O[C@H](n2cnc(=N)c3c(C(N)=O)c(Br)[nH]c32)[C@@H](O)[C@@H]1OC(=O)C(C)(C)C. The lowest BCUT2D eigenvalue weighted by Gasteiger charge is -2.26. The van der Waals surface area contributed by atoms with Gasteiger partial charge in [0, 0.05) is 0 Å². The van der Waals surface area contributed by atoms with Crippen LogP contribution in [0.25, 0.3) is 11.0 Å². The van der Waals surface area contributed by atoms with Gasteiger partial charge in [-0.3, -0.25) is 24.4 Å². The maximum absolute atomic E-state index is 12.6. The van der Waals surface area contributed by atoms with E-state index in [9.17, 15) is 19.5 Å². The van der Waals surface area contributed by atoms with E-state index in [0.717, 1.165) is 0 Å². The number of aliphatic hydroxyl groups is 1. The number of hydrogen-bond donors (Lipinski definition) is 4. The molecule has 1 fully saturated rings. The summed E-state index contributed by atoms with van der Waals surface area (Å²) in [4.78, 5) is 43.8. The highest BCUT2D eigenvalue weighted by atomic mass is 79.9. The third kappa shape index (κ3) is 5.26. The van der Waals surface area contributed by atoms with Crippen molar-refractivity contribution in [2.75, 3.05) is 6.61 Å². The second-order valence-electron chi connectivity index (χ2n) is 10.4.